The molecule has 1 aliphatic heterocycles. The third kappa shape index (κ3) is 1.23. The third-order valence-corrected chi connectivity index (χ3v) is 1.02. The van der Waals surface area contributed by atoms with Crippen LogP contribution in [0.1, 0.15) is 0 Å². The molecule has 44 valence electrons. The van der Waals surface area contributed by atoms with Crippen LogP contribution in [0.5, 0.6) is 0 Å². The summed E-state index contributed by atoms with van der Waals surface area (Å²) < 4.78 is 18.1. The van der Waals surface area contributed by atoms with E-state index in [2.05, 4.69) is 14.1 Å². The summed E-state index contributed by atoms with van der Waals surface area (Å²) in [5, 5.41) is 0. The second kappa shape index (κ2) is 2.17. The highest BCUT2D eigenvalue weighted by Gasteiger charge is 2.32. The van der Waals surface area contributed by atoms with Gasteiger partial charge >= 0.3 is 14.2 Å². The molecule has 0 N–H and O–H groups in total. The Morgan fingerprint density at radius 3 is 2.75 bits per heavy atom. The number of hydrogen-bond donors (Lipinski definition) is 0. The largest absolute Gasteiger partial charge is 0.739 e. The maximum Gasteiger partial charge on any atom is 0.739 e. The molecule has 1 aliphatic rings. The number of carbonyl (C=O) groups is 1. The van der Waals surface area contributed by atoms with E-state index in [0.717, 1.165) is 0 Å². The molecule has 1 heterocycles. The lowest BCUT2D eigenvalue weighted by Crippen LogP contribution is -2.13. The van der Waals surface area contributed by atoms with Gasteiger partial charge in [0, 0.05) is 4.57 Å². The van der Waals surface area contributed by atoms with Gasteiger partial charge in [-0.25, -0.2) is 9.68 Å². The van der Waals surface area contributed by atoms with Gasteiger partial charge in [-0.1, -0.05) is 0 Å². The lowest BCUT2D eigenvalue weighted by atomic mass is 10.8. The first kappa shape index (κ1) is 5.62. The standard InChI is InChI=1S/C2H2O5P/c3-2-1-5-8(4)7-6-2/h1H2/q+1. The highest BCUT2D eigenvalue weighted by atomic mass is 31.1. The smallest absolute Gasteiger partial charge is 0.248 e. The summed E-state index contributed by atoms with van der Waals surface area (Å²) in [5.41, 5.74) is 0. The van der Waals surface area contributed by atoms with E-state index in [0.29, 0.717) is 0 Å². The predicted molar refractivity (Wildman–Crippen MR) is 20.7 cm³/mol. The van der Waals surface area contributed by atoms with E-state index in [9.17, 15) is 9.36 Å². The highest BCUT2D eigenvalue weighted by Crippen LogP contribution is 2.26. The van der Waals surface area contributed by atoms with Crippen molar-refractivity contribution in [2.75, 3.05) is 6.61 Å². The average molecular weight is 137 g/mol. The zero-order chi connectivity index (χ0) is 5.98. The van der Waals surface area contributed by atoms with Crippen LogP contribution in [0.3, 0.4) is 0 Å². The van der Waals surface area contributed by atoms with Crippen molar-refractivity contribution in [2.24, 2.45) is 0 Å². The van der Waals surface area contributed by atoms with E-state index in [1.165, 1.54) is 0 Å². The maximum atomic E-state index is 10.0. The lowest BCUT2D eigenvalue weighted by Gasteiger charge is -1.94. The lowest BCUT2D eigenvalue weighted by molar-refractivity contribution is -0.228. The first-order valence-corrected chi connectivity index (χ1v) is 2.86. The molecular weight excluding hydrogens is 135 g/mol. The summed E-state index contributed by atoms with van der Waals surface area (Å²) in [6, 6.07) is 0. The van der Waals surface area contributed by atoms with Crippen molar-refractivity contribution in [3.63, 3.8) is 0 Å². The molecule has 0 radical (unpaired) electrons. The van der Waals surface area contributed by atoms with Crippen LogP contribution in [0.15, 0.2) is 0 Å². The molecule has 1 fully saturated rings. The summed E-state index contributed by atoms with van der Waals surface area (Å²) in [7, 11) is -2.21. The Labute approximate surface area is 45.4 Å². The van der Waals surface area contributed by atoms with Gasteiger partial charge in [0.2, 0.25) is 6.61 Å². The Bertz CT molecular complexity index is 102. The topological polar surface area (TPSA) is 61.8 Å². The van der Waals surface area contributed by atoms with Crippen molar-refractivity contribution in [2.45, 2.75) is 0 Å². The van der Waals surface area contributed by atoms with Crippen LogP contribution in [0.4, 0.5) is 0 Å². The summed E-state index contributed by atoms with van der Waals surface area (Å²) in [6.07, 6.45) is 0. The first-order valence-electron chi connectivity index (χ1n) is 1.76. The van der Waals surface area contributed by atoms with Gasteiger partial charge in [0.15, 0.2) is 0 Å². The van der Waals surface area contributed by atoms with Crippen LogP contribution in [0.25, 0.3) is 0 Å². The van der Waals surface area contributed by atoms with E-state index in [-0.39, 0.29) is 6.61 Å². The van der Waals surface area contributed by atoms with Crippen LogP contribution in [-0.4, -0.2) is 12.6 Å². The van der Waals surface area contributed by atoms with E-state index in [1.807, 2.05) is 0 Å². The van der Waals surface area contributed by atoms with E-state index in [1.54, 1.807) is 0 Å². The summed E-state index contributed by atoms with van der Waals surface area (Å²) in [6.45, 7) is -0.296. The fourth-order valence-electron chi connectivity index (χ4n) is 0.223. The Morgan fingerprint density at radius 2 is 2.38 bits per heavy atom. The number of rotatable bonds is 0. The number of carbonyl (C=O) groups excluding carboxylic acids is 1. The van der Waals surface area contributed by atoms with Crippen LogP contribution in [0, 0.1) is 0 Å². The molecule has 0 spiro atoms. The molecule has 6 heteroatoms. The first-order chi connectivity index (χ1) is 3.79. The van der Waals surface area contributed by atoms with Crippen LogP contribution in [-0.2, 0) is 23.4 Å². The molecule has 1 atom stereocenters. The molecule has 0 aromatic carbocycles. The van der Waals surface area contributed by atoms with Gasteiger partial charge in [0.1, 0.15) is 4.67 Å². The van der Waals surface area contributed by atoms with Gasteiger partial charge < -0.3 is 0 Å². The van der Waals surface area contributed by atoms with Gasteiger partial charge in [-0.05, 0) is 0 Å². The van der Waals surface area contributed by atoms with Gasteiger partial charge in [0.25, 0.3) is 0 Å². The number of hydrogen-bond acceptors (Lipinski definition) is 5. The quantitative estimate of drug-likeness (QED) is 0.351. The molecule has 1 rings (SSSR count). The zero-order valence-corrected chi connectivity index (χ0v) is 4.59. The second-order valence-electron chi connectivity index (χ2n) is 1.03. The molecule has 0 aromatic heterocycles. The minimum absolute atomic E-state index is 0.296. The Morgan fingerprint density at radius 1 is 1.62 bits per heavy atom. The van der Waals surface area contributed by atoms with E-state index in [4.69, 9.17) is 0 Å². The Kier molecular flexibility index (Phi) is 1.53. The normalized spacial score (nSPS) is 25.0. The summed E-state index contributed by atoms with van der Waals surface area (Å²) >= 11 is 0. The fourth-order valence-corrected chi connectivity index (χ4v) is 0.621. The fraction of sp³-hybridized carbons (Fsp3) is 0.500. The minimum atomic E-state index is -2.21. The van der Waals surface area contributed by atoms with Gasteiger partial charge in [-0.2, -0.15) is 0 Å². The molecule has 0 amide bonds. The van der Waals surface area contributed by atoms with Crippen molar-refractivity contribution in [3.05, 3.63) is 0 Å². The molecule has 1 saturated heterocycles. The molecule has 5 nitrogen and oxygen atoms in total. The van der Waals surface area contributed by atoms with Gasteiger partial charge in [0.05, 0.1) is 0 Å². The van der Waals surface area contributed by atoms with E-state index < -0.39 is 14.2 Å². The second-order valence-corrected chi connectivity index (χ2v) is 1.88. The Hall–Kier alpha value is -0.510. The van der Waals surface area contributed by atoms with Crippen molar-refractivity contribution in [3.8, 4) is 0 Å². The Balaban J connectivity index is 2.40. The van der Waals surface area contributed by atoms with Crippen molar-refractivity contribution >= 4 is 14.2 Å². The van der Waals surface area contributed by atoms with Crippen molar-refractivity contribution in [1.29, 1.82) is 0 Å². The molecule has 8 heavy (non-hydrogen) atoms. The molecule has 0 aliphatic carbocycles. The summed E-state index contributed by atoms with van der Waals surface area (Å²) in [4.78, 5) is 13.9. The van der Waals surface area contributed by atoms with Crippen LogP contribution in [0.2, 0.25) is 0 Å². The van der Waals surface area contributed by atoms with Crippen LogP contribution >= 0.6 is 8.25 Å². The monoisotopic (exact) mass is 137 g/mol. The van der Waals surface area contributed by atoms with Crippen molar-refractivity contribution < 1.29 is 23.4 Å². The molecule has 0 saturated carbocycles. The average Bonchev–Trinajstić information content (AvgIpc) is 1.77. The van der Waals surface area contributed by atoms with E-state index >= 15 is 0 Å². The van der Waals surface area contributed by atoms with Gasteiger partial charge in [-0.15, -0.1) is 4.52 Å². The molecule has 0 bridgehead atoms. The molecule has 0 aromatic rings. The molecule has 1 unspecified atom stereocenters. The molecular formula is C2H2O5P+. The third-order valence-electron chi connectivity index (χ3n) is 0.479. The SMILES string of the molecule is O=C1CO[P+](=O)OO1. The van der Waals surface area contributed by atoms with Crippen molar-refractivity contribution in [1.82, 2.24) is 0 Å². The maximum absolute atomic E-state index is 10.0. The predicted octanol–water partition coefficient (Wildman–Crippen LogP) is 0.149. The highest BCUT2D eigenvalue weighted by molar-refractivity contribution is 7.33. The minimum Gasteiger partial charge on any atom is -0.248 e. The van der Waals surface area contributed by atoms with Gasteiger partial charge in [-0.3, -0.25) is 0 Å². The summed E-state index contributed by atoms with van der Waals surface area (Å²) in [5.74, 6) is -0.667. The zero-order valence-electron chi connectivity index (χ0n) is 3.70. The van der Waals surface area contributed by atoms with Crippen LogP contribution < -0.4 is 0 Å².